The maximum Gasteiger partial charge on any atom is 0.271 e. The zero-order chi connectivity index (χ0) is 16.4. The molecule has 6 heteroatoms. The van der Waals surface area contributed by atoms with Crippen molar-refractivity contribution >= 4 is 17.2 Å². The fourth-order valence-electron chi connectivity index (χ4n) is 3.06. The van der Waals surface area contributed by atoms with Crippen molar-refractivity contribution in [2.75, 3.05) is 6.54 Å². The van der Waals surface area contributed by atoms with E-state index in [2.05, 4.69) is 17.2 Å². The monoisotopic (exact) mass is 333 g/mol. The third-order valence-electron chi connectivity index (χ3n) is 4.34. The van der Waals surface area contributed by atoms with Gasteiger partial charge < -0.3 is 11.1 Å². The first kappa shape index (κ1) is 16.1. The molecule has 0 saturated heterocycles. The second-order valence-electron chi connectivity index (χ2n) is 5.94. The van der Waals surface area contributed by atoms with Crippen molar-refractivity contribution in [1.82, 2.24) is 10.3 Å². The van der Waals surface area contributed by atoms with Crippen molar-refractivity contribution in [3.63, 3.8) is 0 Å². The predicted octanol–water partition coefficient (Wildman–Crippen LogP) is 2.84. The number of amides is 1. The van der Waals surface area contributed by atoms with Crippen molar-refractivity contribution < 1.29 is 9.18 Å². The van der Waals surface area contributed by atoms with Gasteiger partial charge in [-0.2, -0.15) is 0 Å². The maximum atomic E-state index is 14.0. The van der Waals surface area contributed by atoms with Gasteiger partial charge in [-0.25, -0.2) is 9.37 Å². The fourth-order valence-corrected chi connectivity index (χ4v) is 3.86. The summed E-state index contributed by atoms with van der Waals surface area (Å²) in [5, 5.41) is 5.64. The lowest BCUT2D eigenvalue weighted by Crippen LogP contribution is -2.36. The highest BCUT2D eigenvalue weighted by Gasteiger charge is 2.30. The Morgan fingerprint density at radius 2 is 2.35 bits per heavy atom. The van der Waals surface area contributed by atoms with Crippen LogP contribution in [0.2, 0.25) is 0 Å². The molecule has 1 aliphatic rings. The summed E-state index contributed by atoms with van der Waals surface area (Å²) in [4.78, 5) is 16.8. The quantitative estimate of drug-likeness (QED) is 0.904. The second-order valence-corrected chi connectivity index (χ2v) is 6.88. The lowest BCUT2D eigenvalue weighted by molar-refractivity contribution is 0.0914. The van der Waals surface area contributed by atoms with Gasteiger partial charge >= 0.3 is 0 Å². The molecule has 0 aliphatic heterocycles. The maximum absolute atomic E-state index is 14.0. The number of halogens is 1. The highest BCUT2D eigenvalue weighted by molar-refractivity contribution is 7.09. The average molecular weight is 333 g/mol. The van der Waals surface area contributed by atoms with Crippen LogP contribution in [0.25, 0.3) is 0 Å². The Kier molecular flexibility index (Phi) is 4.73. The fraction of sp³-hybridized carbons (Fsp3) is 0.412. The summed E-state index contributed by atoms with van der Waals surface area (Å²) < 4.78 is 14.0. The molecule has 0 spiro atoms. The van der Waals surface area contributed by atoms with E-state index in [-0.39, 0.29) is 23.7 Å². The van der Waals surface area contributed by atoms with Crippen LogP contribution in [-0.4, -0.2) is 17.4 Å². The minimum atomic E-state index is -0.210. The number of carbonyl (C=O) groups excluding carboxylic acids is 1. The van der Waals surface area contributed by atoms with Crippen LogP contribution in [0, 0.1) is 11.7 Å². The van der Waals surface area contributed by atoms with Gasteiger partial charge in [0.1, 0.15) is 11.5 Å². The van der Waals surface area contributed by atoms with Crippen LogP contribution in [0.15, 0.2) is 23.6 Å². The van der Waals surface area contributed by atoms with Gasteiger partial charge in [0, 0.05) is 11.8 Å². The molecule has 1 amide bonds. The van der Waals surface area contributed by atoms with E-state index in [0.29, 0.717) is 25.1 Å². The molecule has 1 aromatic heterocycles. The minimum Gasteiger partial charge on any atom is -0.344 e. The van der Waals surface area contributed by atoms with Crippen LogP contribution in [0.5, 0.6) is 0 Å². The Hall–Kier alpha value is -1.79. The summed E-state index contributed by atoms with van der Waals surface area (Å²) in [7, 11) is 0. The SMILES string of the molecule is CC1CCc2c(F)cccc2C1NC(=O)c1csc(CCN)n1. The standard InChI is InChI=1S/C17H20FN3OS/c1-10-5-6-11-12(3-2-4-13(11)18)16(10)21-17(22)14-9-23-15(20-14)7-8-19/h2-4,9-10,16H,5-8,19H2,1H3,(H,21,22). The van der Waals surface area contributed by atoms with Crippen LogP contribution in [0.1, 0.15) is 46.0 Å². The van der Waals surface area contributed by atoms with Crippen molar-refractivity contribution in [2.24, 2.45) is 11.7 Å². The minimum absolute atomic E-state index is 0.179. The van der Waals surface area contributed by atoms with Crippen molar-refractivity contribution in [3.05, 3.63) is 51.2 Å². The molecular formula is C17H20FN3OS. The Morgan fingerprint density at radius 1 is 1.52 bits per heavy atom. The third-order valence-corrected chi connectivity index (χ3v) is 5.25. The van der Waals surface area contributed by atoms with E-state index in [1.807, 2.05) is 6.07 Å². The number of benzene rings is 1. The van der Waals surface area contributed by atoms with Gasteiger partial charge in [-0.3, -0.25) is 4.79 Å². The number of nitrogens with zero attached hydrogens (tertiary/aromatic N) is 1. The van der Waals surface area contributed by atoms with E-state index in [9.17, 15) is 9.18 Å². The van der Waals surface area contributed by atoms with Gasteiger partial charge in [-0.15, -0.1) is 11.3 Å². The van der Waals surface area contributed by atoms with Crippen LogP contribution < -0.4 is 11.1 Å². The molecule has 0 fully saturated rings. The molecule has 1 aliphatic carbocycles. The highest BCUT2D eigenvalue weighted by atomic mass is 32.1. The van der Waals surface area contributed by atoms with Crippen LogP contribution in [0.3, 0.4) is 0 Å². The molecule has 4 nitrogen and oxygen atoms in total. The van der Waals surface area contributed by atoms with E-state index >= 15 is 0 Å². The first-order chi connectivity index (χ1) is 11.1. The summed E-state index contributed by atoms with van der Waals surface area (Å²) in [6.07, 6.45) is 2.24. The van der Waals surface area contributed by atoms with Gasteiger partial charge in [0.05, 0.1) is 11.0 Å². The Labute approximate surface area is 138 Å². The molecule has 1 aromatic carbocycles. The molecule has 122 valence electrons. The molecule has 3 rings (SSSR count). The molecule has 2 atom stereocenters. The van der Waals surface area contributed by atoms with E-state index in [4.69, 9.17) is 5.73 Å². The van der Waals surface area contributed by atoms with Crippen molar-refractivity contribution in [3.8, 4) is 0 Å². The Morgan fingerprint density at radius 3 is 3.13 bits per heavy atom. The molecule has 0 saturated carbocycles. The first-order valence-corrected chi connectivity index (χ1v) is 8.70. The summed E-state index contributed by atoms with van der Waals surface area (Å²) in [6.45, 7) is 2.60. The summed E-state index contributed by atoms with van der Waals surface area (Å²) >= 11 is 1.44. The van der Waals surface area contributed by atoms with Gasteiger partial charge in [-0.1, -0.05) is 19.1 Å². The van der Waals surface area contributed by atoms with Gasteiger partial charge in [0.25, 0.3) is 5.91 Å². The zero-order valence-electron chi connectivity index (χ0n) is 13.0. The summed E-state index contributed by atoms with van der Waals surface area (Å²) in [5.41, 5.74) is 7.53. The van der Waals surface area contributed by atoms with Crippen LogP contribution in [-0.2, 0) is 12.8 Å². The first-order valence-electron chi connectivity index (χ1n) is 7.82. The molecule has 2 aromatic rings. The topological polar surface area (TPSA) is 68.0 Å². The smallest absolute Gasteiger partial charge is 0.271 e. The molecular weight excluding hydrogens is 313 g/mol. The van der Waals surface area contributed by atoms with E-state index in [1.165, 1.54) is 17.4 Å². The molecule has 0 radical (unpaired) electrons. The number of nitrogens with one attached hydrogen (secondary N) is 1. The largest absolute Gasteiger partial charge is 0.344 e. The average Bonchev–Trinajstić information content (AvgIpc) is 2.99. The number of fused-ring (bicyclic) bond motifs is 1. The van der Waals surface area contributed by atoms with E-state index in [1.54, 1.807) is 11.4 Å². The summed E-state index contributed by atoms with van der Waals surface area (Å²) in [5.74, 6) is -0.138. The van der Waals surface area contributed by atoms with Gasteiger partial charge in [0.2, 0.25) is 0 Å². The molecule has 0 bridgehead atoms. The molecule has 2 unspecified atom stereocenters. The number of hydrogen-bond acceptors (Lipinski definition) is 4. The van der Waals surface area contributed by atoms with Gasteiger partial charge in [-0.05, 0) is 42.5 Å². The normalized spacial score (nSPS) is 20.1. The second kappa shape index (κ2) is 6.76. The highest BCUT2D eigenvalue weighted by Crippen LogP contribution is 2.35. The van der Waals surface area contributed by atoms with Crippen LogP contribution in [0.4, 0.5) is 4.39 Å². The number of aromatic nitrogens is 1. The predicted molar refractivity (Wildman–Crippen MR) is 89.0 cm³/mol. The van der Waals surface area contributed by atoms with Crippen molar-refractivity contribution in [2.45, 2.75) is 32.2 Å². The number of hydrogen-bond donors (Lipinski definition) is 2. The Bertz CT molecular complexity index is 716. The Balaban J connectivity index is 1.81. The van der Waals surface area contributed by atoms with Crippen molar-refractivity contribution in [1.29, 1.82) is 0 Å². The zero-order valence-corrected chi connectivity index (χ0v) is 13.8. The lowest BCUT2D eigenvalue weighted by Gasteiger charge is -2.32. The van der Waals surface area contributed by atoms with E-state index in [0.717, 1.165) is 22.6 Å². The van der Waals surface area contributed by atoms with Gasteiger partial charge in [0.15, 0.2) is 0 Å². The molecule has 3 N–H and O–H groups in total. The number of thiazole rings is 1. The third kappa shape index (κ3) is 3.28. The molecule has 1 heterocycles. The molecule has 23 heavy (non-hydrogen) atoms. The number of rotatable bonds is 4. The lowest BCUT2D eigenvalue weighted by atomic mass is 9.80. The van der Waals surface area contributed by atoms with Crippen LogP contribution >= 0.6 is 11.3 Å². The number of nitrogens with two attached hydrogens (primary N) is 1. The number of carbonyl (C=O) groups is 1. The van der Waals surface area contributed by atoms with E-state index < -0.39 is 0 Å². The summed E-state index contributed by atoms with van der Waals surface area (Å²) in [6, 6.07) is 4.90.